The van der Waals surface area contributed by atoms with Gasteiger partial charge >= 0.3 is 6.03 Å². The van der Waals surface area contributed by atoms with Gasteiger partial charge in [0.15, 0.2) is 0 Å². The van der Waals surface area contributed by atoms with Crippen molar-refractivity contribution in [1.29, 1.82) is 0 Å². The minimum absolute atomic E-state index is 0.112. The minimum atomic E-state index is -0.247. The van der Waals surface area contributed by atoms with Crippen LogP contribution < -0.4 is 10.6 Å². The van der Waals surface area contributed by atoms with Crippen molar-refractivity contribution < 1.29 is 4.79 Å². The molecule has 2 unspecified atom stereocenters. The second-order valence-corrected chi connectivity index (χ2v) is 5.61. The van der Waals surface area contributed by atoms with E-state index in [4.69, 9.17) is 0 Å². The van der Waals surface area contributed by atoms with Gasteiger partial charge in [0.1, 0.15) is 0 Å². The van der Waals surface area contributed by atoms with E-state index in [2.05, 4.69) is 34.7 Å². The van der Waals surface area contributed by atoms with Crippen molar-refractivity contribution in [2.45, 2.75) is 46.2 Å². The molecule has 0 spiro atoms. The van der Waals surface area contributed by atoms with Gasteiger partial charge in [0, 0.05) is 24.8 Å². The number of anilines is 1. The Kier molecular flexibility index (Phi) is 4.85. The molecule has 0 bridgehead atoms. The highest BCUT2D eigenvalue weighted by atomic mass is 16.2. The zero-order valence-corrected chi connectivity index (χ0v) is 13.8. The lowest BCUT2D eigenvalue weighted by atomic mass is 10.2. The molecule has 2 N–H and O–H groups in total. The summed E-state index contributed by atoms with van der Waals surface area (Å²) in [5, 5.41) is 14.2. The predicted molar refractivity (Wildman–Crippen MR) is 85.7 cm³/mol. The topological polar surface area (TPSA) is 76.8 Å². The lowest BCUT2D eigenvalue weighted by molar-refractivity contribution is 0.249. The maximum atomic E-state index is 12.1. The average Bonchev–Trinajstić information content (AvgIpc) is 3.05. The van der Waals surface area contributed by atoms with Crippen LogP contribution in [-0.4, -0.2) is 25.6 Å². The van der Waals surface area contributed by atoms with Crippen molar-refractivity contribution in [2.75, 3.05) is 5.32 Å². The molecule has 0 aliphatic rings. The molecule has 7 nitrogen and oxygen atoms in total. The molecule has 2 heterocycles. The summed E-state index contributed by atoms with van der Waals surface area (Å²) >= 11 is 0. The van der Waals surface area contributed by atoms with Crippen LogP contribution in [-0.2, 0) is 7.05 Å². The zero-order valence-electron chi connectivity index (χ0n) is 13.8. The molecular formula is C15H24N6O. The van der Waals surface area contributed by atoms with Gasteiger partial charge in [-0.2, -0.15) is 10.2 Å². The Hall–Kier alpha value is -2.31. The third-order valence-corrected chi connectivity index (χ3v) is 3.87. The van der Waals surface area contributed by atoms with Crippen LogP contribution in [0.4, 0.5) is 10.5 Å². The smallest absolute Gasteiger partial charge is 0.319 e. The number of nitrogens with one attached hydrogen (secondary N) is 2. The molecule has 0 aliphatic carbocycles. The van der Waals surface area contributed by atoms with E-state index in [0.717, 1.165) is 23.4 Å². The van der Waals surface area contributed by atoms with Gasteiger partial charge in [0.05, 0.1) is 29.8 Å². The van der Waals surface area contributed by atoms with E-state index in [1.54, 1.807) is 17.1 Å². The number of amides is 2. The Morgan fingerprint density at radius 1 is 1.32 bits per heavy atom. The summed E-state index contributed by atoms with van der Waals surface area (Å²) in [6.45, 7) is 8.10. The van der Waals surface area contributed by atoms with Crippen molar-refractivity contribution in [3.05, 3.63) is 29.8 Å². The van der Waals surface area contributed by atoms with E-state index in [9.17, 15) is 4.79 Å². The molecule has 7 heteroatoms. The van der Waals surface area contributed by atoms with Crippen LogP contribution in [0.3, 0.4) is 0 Å². The van der Waals surface area contributed by atoms with Gasteiger partial charge in [0.25, 0.3) is 0 Å². The Bertz CT molecular complexity index is 644. The third-order valence-electron chi connectivity index (χ3n) is 3.87. The number of urea groups is 1. The quantitative estimate of drug-likeness (QED) is 0.891. The van der Waals surface area contributed by atoms with E-state index >= 15 is 0 Å². The number of aryl methyl sites for hydroxylation is 1. The highest BCUT2D eigenvalue weighted by molar-refractivity contribution is 5.89. The summed E-state index contributed by atoms with van der Waals surface area (Å²) < 4.78 is 3.64. The number of rotatable bonds is 5. The molecule has 0 fully saturated rings. The number of hydrogen-bond acceptors (Lipinski definition) is 3. The zero-order chi connectivity index (χ0) is 16.3. The first-order chi connectivity index (χ1) is 10.4. The summed E-state index contributed by atoms with van der Waals surface area (Å²) in [6.07, 6.45) is 6.32. The van der Waals surface area contributed by atoms with Crippen LogP contribution >= 0.6 is 0 Å². The minimum Gasteiger partial charge on any atom is -0.331 e. The monoisotopic (exact) mass is 304 g/mol. The molecule has 22 heavy (non-hydrogen) atoms. The van der Waals surface area contributed by atoms with Gasteiger partial charge in [0.2, 0.25) is 0 Å². The standard InChI is InChI=1S/C15H24N6O/c1-6-10(2)21-12(4)14(8-17-21)19-15(22)18-11(3)13-7-16-20(5)9-13/h7-11H,6H2,1-5H3,(H2,18,19,22). The summed E-state index contributed by atoms with van der Waals surface area (Å²) in [7, 11) is 1.85. The third kappa shape index (κ3) is 3.47. The maximum absolute atomic E-state index is 12.1. The molecule has 2 aromatic rings. The largest absolute Gasteiger partial charge is 0.331 e. The van der Waals surface area contributed by atoms with Crippen LogP contribution in [0.1, 0.15) is 50.5 Å². The number of nitrogens with zero attached hydrogens (tertiary/aromatic N) is 4. The fourth-order valence-corrected chi connectivity index (χ4v) is 2.27. The number of carbonyl (C=O) groups is 1. The summed E-state index contributed by atoms with van der Waals surface area (Å²) in [4.78, 5) is 12.1. The van der Waals surface area contributed by atoms with Gasteiger partial charge in [-0.05, 0) is 27.2 Å². The van der Waals surface area contributed by atoms with Crippen molar-refractivity contribution in [3.63, 3.8) is 0 Å². The van der Waals surface area contributed by atoms with E-state index in [0.29, 0.717) is 6.04 Å². The van der Waals surface area contributed by atoms with Crippen LogP contribution in [0.2, 0.25) is 0 Å². The second-order valence-electron chi connectivity index (χ2n) is 5.61. The second kappa shape index (κ2) is 6.64. The highest BCUT2D eigenvalue weighted by Crippen LogP contribution is 2.19. The molecule has 2 amide bonds. The molecule has 0 aliphatic heterocycles. The number of aromatic nitrogens is 4. The van der Waals surface area contributed by atoms with Gasteiger partial charge in [-0.3, -0.25) is 9.36 Å². The van der Waals surface area contributed by atoms with Crippen molar-refractivity contribution >= 4 is 11.7 Å². The average molecular weight is 304 g/mol. The molecule has 0 saturated heterocycles. The van der Waals surface area contributed by atoms with Gasteiger partial charge in [-0.15, -0.1) is 0 Å². The first-order valence-electron chi connectivity index (χ1n) is 7.52. The Balaban J connectivity index is 1.99. The van der Waals surface area contributed by atoms with E-state index < -0.39 is 0 Å². The van der Waals surface area contributed by atoms with Gasteiger partial charge in [-0.1, -0.05) is 6.92 Å². The molecular weight excluding hydrogens is 280 g/mol. The molecule has 2 aromatic heterocycles. The Morgan fingerprint density at radius 3 is 2.64 bits per heavy atom. The van der Waals surface area contributed by atoms with Gasteiger partial charge < -0.3 is 10.6 Å². The van der Waals surface area contributed by atoms with Crippen LogP contribution in [0, 0.1) is 6.92 Å². The maximum Gasteiger partial charge on any atom is 0.319 e. The molecule has 2 atom stereocenters. The first kappa shape index (κ1) is 16.1. The van der Waals surface area contributed by atoms with E-state index in [1.807, 2.05) is 31.8 Å². The van der Waals surface area contributed by atoms with E-state index in [-0.39, 0.29) is 12.1 Å². The Labute approximate surface area is 130 Å². The molecule has 120 valence electrons. The molecule has 0 radical (unpaired) electrons. The Morgan fingerprint density at radius 2 is 2.05 bits per heavy atom. The molecule has 0 aromatic carbocycles. The van der Waals surface area contributed by atoms with Gasteiger partial charge in [-0.25, -0.2) is 4.79 Å². The first-order valence-corrected chi connectivity index (χ1v) is 7.52. The molecule has 2 rings (SSSR count). The fraction of sp³-hybridized carbons (Fsp3) is 0.533. The van der Waals surface area contributed by atoms with Crippen LogP contribution in [0.25, 0.3) is 0 Å². The summed E-state index contributed by atoms with van der Waals surface area (Å²) in [6, 6.07) is -0.0466. The lowest BCUT2D eigenvalue weighted by Crippen LogP contribution is -2.31. The number of hydrogen-bond donors (Lipinski definition) is 2. The van der Waals surface area contributed by atoms with Crippen molar-refractivity contribution in [2.24, 2.45) is 7.05 Å². The fourth-order valence-electron chi connectivity index (χ4n) is 2.27. The normalized spacial score (nSPS) is 13.7. The summed E-state index contributed by atoms with van der Waals surface area (Å²) in [5.74, 6) is 0. The predicted octanol–water partition coefficient (Wildman–Crippen LogP) is 2.78. The van der Waals surface area contributed by atoms with Crippen molar-refractivity contribution in [3.8, 4) is 0 Å². The number of carbonyl (C=O) groups excluding carboxylic acids is 1. The van der Waals surface area contributed by atoms with Crippen LogP contribution in [0.5, 0.6) is 0 Å². The van der Waals surface area contributed by atoms with Crippen LogP contribution in [0.15, 0.2) is 18.6 Å². The highest BCUT2D eigenvalue weighted by Gasteiger charge is 2.15. The summed E-state index contributed by atoms with van der Waals surface area (Å²) in [5.41, 5.74) is 2.65. The van der Waals surface area contributed by atoms with Crippen molar-refractivity contribution in [1.82, 2.24) is 24.9 Å². The lowest BCUT2D eigenvalue weighted by Gasteiger charge is -2.14. The van der Waals surface area contributed by atoms with E-state index in [1.165, 1.54) is 0 Å². The molecule has 0 saturated carbocycles. The SMILES string of the molecule is CCC(C)n1ncc(NC(=O)NC(C)c2cnn(C)c2)c1C.